The molecule has 1 aliphatic heterocycles. The average Bonchev–Trinajstić information content (AvgIpc) is 2.73. The van der Waals surface area contributed by atoms with Gasteiger partial charge in [-0.15, -0.1) is 0 Å². The molecular weight excluding hydrogens is 366 g/mol. The Hall–Kier alpha value is -1.73. The largest absolute Gasteiger partial charge is 0.327 e. The summed E-state index contributed by atoms with van der Waals surface area (Å²) in [6.45, 7) is 3.39. The van der Waals surface area contributed by atoms with E-state index in [9.17, 15) is 0 Å². The minimum absolute atomic E-state index is 0. The maximum absolute atomic E-state index is 5.67. The second-order valence-electron chi connectivity index (χ2n) is 7.51. The van der Waals surface area contributed by atoms with E-state index in [0.29, 0.717) is 18.6 Å². The van der Waals surface area contributed by atoms with Crippen molar-refractivity contribution in [1.29, 1.82) is 0 Å². The molecule has 3 N–H and O–H groups in total. The van der Waals surface area contributed by atoms with Gasteiger partial charge in [0.15, 0.2) is 0 Å². The molecule has 5 nitrogen and oxygen atoms in total. The summed E-state index contributed by atoms with van der Waals surface area (Å²) in [7, 11) is 0. The summed E-state index contributed by atoms with van der Waals surface area (Å²) in [5.41, 5.74) is 10.9. The molecule has 6 heteroatoms. The molecule has 28 heavy (non-hydrogen) atoms. The number of hydrogen-bond acceptors (Lipinski definition) is 5. The first-order chi connectivity index (χ1) is 13.3. The summed E-state index contributed by atoms with van der Waals surface area (Å²) in [6, 6.07) is 9.29. The van der Waals surface area contributed by atoms with Crippen LogP contribution < -0.4 is 11.1 Å². The molecule has 0 saturated carbocycles. The molecule has 2 aliphatic rings. The lowest BCUT2D eigenvalue weighted by Crippen LogP contribution is -2.46. The van der Waals surface area contributed by atoms with E-state index in [4.69, 9.17) is 10.7 Å². The predicted octanol–water partition coefficient (Wildman–Crippen LogP) is 2.50. The number of fused-ring (bicyclic) bond motifs is 2. The van der Waals surface area contributed by atoms with Crippen LogP contribution in [-0.4, -0.2) is 40.5 Å². The fourth-order valence-electron chi connectivity index (χ4n) is 4.36. The van der Waals surface area contributed by atoms with Crippen LogP contribution in [0.2, 0.25) is 0 Å². The maximum Gasteiger partial charge on any atom is 0.0607 e. The third-order valence-corrected chi connectivity index (χ3v) is 5.71. The quantitative estimate of drug-likeness (QED) is 0.733. The van der Waals surface area contributed by atoms with Gasteiger partial charge in [-0.2, -0.15) is 13.5 Å². The smallest absolute Gasteiger partial charge is 0.0607 e. The lowest BCUT2D eigenvalue weighted by atomic mass is 9.90. The average molecular weight is 398 g/mol. The molecule has 2 aromatic rings. The molecule has 0 amide bonds. The number of nitrogens with two attached hydrogens (primary N) is 1. The number of nitrogens with one attached hydrogen (secondary N) is 1. The van der Waals surface area contributed by atoms with Crippen LogP contribution in [-0.2, 0) is 19.4 Å². The van der Waals surface area contributed by atoms with Crippen molar-refractivity contribution in [2.24, 2.45) is 5.73 Å². The Balaban J connectivity index is 0.00000225. The molecule has 150 valence electrons. The zero-order valence-corrected chi connectivity index (χ0v) is 17.3. The molecule has 2 aromatic heterocycles. The van der Waals surface area contributed by atoms with Crippen LogP contribution >= 0.6 is 13.5 Å². The van der Waals surface area contributed by atoms with Gasteiger partial charge in [0.25, 0.3) is 0 Å². The molecule has 4 rings (SSSR count). The topological polar surface area (TPSA) is 67.1 Å². The van der Waals surface area contributed by atoms with E-state index < -0.39 is 0 Å². The molecule has 0 spiro atoms. The second kappa shape index (κ2) is 10.2. The maximum atomic E-state index is 5.67. The first-order valence-electron chi connectivity index (χ1n) is 10.0. The Bertz CT molecular complexity index is 794. The van der Waals surface area contributed by atoms with Crippen LogP contribution in [0.1, 0.15) is 41.4 Å². The van der Waals surface area contributed by atoms with Crippen LogP contribution in [0.3, 0.4) is 0 Å². The van der Waals surface area contributed by atoms with Crippen molar-refractivity contribution >= 4 is 13.5 Å². The van der Waals surface area contributed by atoms with Gasteiger partial charge in [0, 0.05) is 56.7 Å². The van der Waals surface area contributed by atoms with Crippen LogP contribution in [0, 0.1) is 0 Å². The van der Waals surface area contributed by atoms with Crippen molar-refractivity contribution in [2.45, 2.75) is 44.3 Å². The normalized spacial score (nSPS) is 21.2. The molecule has 0 saturated heterocycles. The molecule has 0 bridgehead atoms. The molecule has 0 aromatic carbocycles. The van der Waals surface area contributed by atoms with Gasteiger partial charge in [-0.05, 0) is 42.5 Å². The minimum Gasteiger partial charge on any atom is -0.327 e. The van der Waals surface area contributed by atoms with Crippen molar-refractivity contribution in [3.63, 3.8) is 0 Å². The third kappa shape index (κ3) is 4.81. The van der Waals surface area contributed by atoms with Crippen molar-refractivity contribution in [3.05, 3.63) is 71.3 Å². The highest BCUT2D eigenvalue weighted by atomic mass is 32.1. The zero-order chi connectivity index (χ0) is 18.5. The molecule has 0 radical (unpaired) electrons. The lowest BCUT2D eigenvalue weighted by molar-refractivity contribution is 0.170. The first-order valence-corrected chi connectivity index (χ1v) is 10.0. The van der Waals surface area contributed by atoms with Gasteiger partial charge < -0.3 is 11.1 Å². The monoisotopic (exact) mass is 397 g/mol. The Labute approximate surface area is 174 Å². The molecule has 3 heterocycles. The van der Waals surface area contributed by atoms with Gasteiger partial charge in [0.1, 0.15) is 0 Å². The lowest BCUT2D eigenvalue weighted by Gasteiger charge is -2.37. The van der Waals surface area contributed by atoms with Crippen LogP contribution in [0.25, 0.3) is 0 Å². The van der Waals surface area contributed by atoms with E-state index >= 15 is 0 Å². The molecule has 2 atom stereocenters. The number of aryl methyl sites for hydroxylation is 1. The van der Waals surface area contributed by atoms with Gasteiger partial charge in [-0.3, -0.25) is 14.9 Å². The van der Waals surface area contributed by atoms with E-state index in [0.717, 1.165) is 32.5 Å². The Morgan fingerprint density at radius 3 is 2.82 bits per heavy atom. The van der Waals surface area contributed by atoms with Crippen molar-refractivity contribution in [1.82, 2.24) is 20.2 Å². The minimum atomic E-state index is 0. The second-order valence-corrected chi connectivity index (χ2v) is 7.51. The van der Waals surface area contributed by atoms with Crippen LogP contribution in [0.5, 0.6) is 0 Å². The Morgan fingerprint density at radius 2 is 1.96 bits per heavy atom. The Kier molecular flexibility index (Phi) is 7.62. The molecular formula is C22H31N5S. The van der Waals surface area contributed by atoms with E-state index in [-0.39, 0.29) is 13.5 Å². The highest BCUT2D eigenvalue weighted by Crippen LogP contribution is 2.33. The Morgan fingerprint density at radius 1 is 1.14 bits per heavy atom. The van der Waals surface area contributed by atoms with Crippen molar-refractivity contribution in [2.75, 3.05) is 19.6 Å². The van der Waals surface area contributed by atoms with Gasteiger partial charge >= 0.3 is 0 Å². The molecule has 0 fully saturated rings. The van der Waals surface area contributed by atoms with Gasteiger partial charge in [-0.25, -0.2) is 0 Å². The first kappa shape index (κ1) is 21.0. The summed E-state index contributed by atoms with van der Waals surface area (Å²) in [5.74, 6) is 0. The van der Waals surface area contributed by atoms with E-state index in [2.05, 4.69) is 45.6 Å². The highest BCUT2D eigenvalue weighted by molar-refractivity contribution is 7.59. The summed E-state index contributed by atoms with van der Waals surface area (Å²) >= 11 is 0. The zero-order valence-electron chi connectivity index (χ0n) is 16.3. The van der Waals surface area contributed by atoms with E-state index in [1.54, 1.807) is 0 Å². The van der Waals surface area contributed by atoms with E-state index in [1.807, 2.05) is 18.5 Å². The number of rotatable bonds is 6. The third-order valence-electron chi connectivity index (χ3n) is 5.71. The fourth-order valence-corrected chi connectivity index (χ4v) is 4.36. The van der Waals surface area contributed by atoms with E-state index in [1.165, 1.54) is 35.4 Å². The number of aromatic nitrogens is 2. The number of pyridine rings is 2. The van der Waals surface area contributed by atoms with Crippen molar-refractivity contribution < 1.29 is 0 Å². The van der Waals surface area contributed by atoms with Crippen molar-refractivity contribution in [3.8, 4) is 0 Å². The molecule has 1 aliphatic carbocycles. The SMILES string of the molecule is NC/C=C/CN(CC1Cc2ncccc2CN1)[C@H]1CCCc2cccnc21.S. The summed E-state index contributed by atoms with van der Waals surface area (Å²) < 4.78 is 0. The summed E-state index contributed by atoms with van der Waals surface area (Å²) in [4.78, 5) is 11.9. The van der Waals surface area contributed by atoms with Gasteiger partial charge in [-0.1, -0.05) is 24.3 Å². The predicted molar refractivity (Wildman–Crippen MR) is 119 cm³/mol. The highest BCUT2D eigenvalue weighted by Gasteiger charge is 2.29. The fraction of sp³-hybridized carbons (Fsp3) is 0.455. The van der Waals surface area contributed by atoms with Crippen LogP contribution in [0.4, 0.5) is 0 Å². The summed E-state index contributed by atoms with van der Waals surface area (Å²) in [5, 5.41) is 3.71. The summed E-state index contributed by atoms with van der Waals surface area (Å²) in [6.07, 6.45) is 12.6. The van der Waals surface area contributed by atoms with Crippen LogP contribution in [0.15, 0.2) is 48.8 Å². The number of nitrogens with zero attached hydrogens (tertiary/aromatic N) is 3. The number of hydrogen-bond donors (Lipinski definition) is 2. The molecule has 1 unspecified atom stereocenters. The van der Waals surface area contributed by atoms with Gasteiger partial charge in [0.2, 0.25) is 0 Å². The standard InChI is InChI=1S/C22H29N5.H2S/c23-10-1-2-13-27(21-9-3-6-17-7-4-12-25-22(17)21)16-19-14-20-18(15-26-19)8-5-11-24-20;/h1-2,4-5,7-8,11-12,19,21,26H,3,6,9-10,13-16,23H2;1H2/b2-1+;/t19?,21-;/m0./s1. The van der Waals surface area contributed by atoms with Gasteiger partial charge in [0.05, 0.1) is 11.7 Å².